The molecule has 1 aliphatic carbocycles. The second-order valence-corrected chi connectivity index (χ2v) is 6.59. The van der Waals surface area contributed by atoms with Crippen molar-refractivity contribution in [2.45, 2.75) is 71.1 Å². The lowest BCUT2D eigenvalue weighted by atomic mass is 9.78. The van der Waals surface area contributed by atoms with Crippen LogP contribution in [0.15, 0.2) is 24.3 Å². The molecule has 1 aromatic carbocycles. The SMILES string of the molecule is CCCCCC1CCC(CCc2ccc(O)cc2)CC1. The highest BCUT2D eigenvalue weighted by molar-refractivity contribution is 5.25. The zero-order chi connectivity index (χ0) is 14.2. The summed E-state index contributed by atoms with van der Waals surface area (Å²) in [6.07, 6.45) is 14.0. The first-order chi connectivity index (χ1) is 9.78. The molecule has 0 saturated heterocycles. The van der Waals surface area contributed by atoms with Crippen molar-refractivity contribution in [3.8, 4) is 5.75 Å². The smallest absolute Gasteiger partial charge is 0.115 e. The van der Waals surface area contributed by atoms with Gasteiger partial charge in [0.2, 0.25) is 0 Å². The van der Waals surface area contributed by atoms with E-state index in [2.05, 4.69) is 19.1 Å². The Balaban J connectivity index is 1.63. The Bertz CT molecular complexity index is 360. The second-order valence-electron chi connectivity index (χ2n) is 6.59. The van der Waals surface area contributed by atoms with E-state index in [0.717, 1.165) is 11.8 Å². The maximum Gasteiger partial charge on any atom is 0.115 e. The molecule has 0 radical (unpaired) electrons. The van der Waals surface area contributed by atoms with Crippen LogP contribution in [0.25, 0.3) is 0 Å². The maximum atomic E-state index is 9.29. The minimum Gasteiger partial charge on any atom is -0.508 e. The van der Waals surface area contributed by atoms with Crippen molar-refractivity contribution < 1.29 is 5.11 Å². The zero-order valence-electron chi connectivity index (χ0n) is 13.0. The van der Waals surface area contributed by atoms with Gasteiger partial charge in [-0.1, -0.05) is 70.4 Å². The quantitative estimate of drug-likeness (QED) is 0.631. The molecule has 1 heteroatoms. The van der Waals surface area contributed by atoms with Crippen LogP contribution < -0.4 is 0 Å². The fourth-order valence-corrected chi connectivity index (χ4v) is 3.53. The van der Waals surface area contributed by atoms with Crippen molar-refractivity contribution >= 4 is 0 Å². The topological polar surface area (TPSA) is 20.2 Å². The Labute approximate surface area is 124 Å². The van der Waals surface area contributed by atoms with Crippen LogP contribution >= 0.6 is 0 Å². The largest absolute Gasteiger partial charge is 0.508 e. The molecule has 1 nitrogen and oxygen atoms in total. The van der Waals surface area contributed by atoms with Crippen LogP contribution in [0.5, 0.6) is 5.75 Å². The summed E-state index contributed by atoms with van der Waals surface area (Å²) in [6.45, 7) is 2.29. The predicted molar refractivity (Wildman–Crippen MR) is 86.0 cm³/mol. The molecular weight excluding hydrogens is 244 g/mol. The number of phenols is 1. The monoisotopic (exact) mass is 274 g/mol. The van der Waals surface area contributed by atoms with Crippen LogP contribution in [-0.4, -0.2) is 5.11 Å². The minimum atomic E-state index is 0.376. The molecule has 112 valence electrons. The number of aromatic hydroxyl groups is 1. The highest BCUT2D eigenvalue weighted by Gasteiger charge is 2.20. The summed E-state index contributed by atoms with van der Waals surface area (Å²) in [5.41, 5.74) is 1.37. The Morgan fingerprint density at radius 2 is 1.50 bits per heavy atom. The van der Waals surface area contributed by atoms with Crippen molar-refractivity contribution in [3.05, 3.63) is 29.8 Å². The van der Waals surface area contributed by atoms with Gasteiger partial charge in [-0.2, -0.15) is 0 Å². The van der Waals surface area contributed by atoms with Crippen LogP contribution in [0.4, 0.5) is 0 Å². The van der Waals surface area contributed by atoms with Gasteiger partial charge in [-0.15, -0.1) is 0 Å². The summed E-state index contributed by atoms with van der Waals surface area (Å²) >= 11 is 0. The number of rotatable bonds is 7. The van der Waals surface area contributed by atoms with Crippen LogP contribution in [0.2, 0.25) is 0 Å². The van der Waals surface area contributed by atoms with Crippen LogP contribution in [0, 0.1) is 11.8 Å². The van der Waals surface area contributed by atoms with Gasteiger partial charge >= 0.3 is 0 Å². The third-order valence-corrected chi connectivity index (χ3v) is 4.96. The molecule has 1 aliphatic rings. The van der Waals surface area contributed by atoms with E-state index in [1.165, 1.54) is 69.8 Å². The normalized spacial score (nSPS) is 22.9. The van der Waals surface area contributed by atoms with Crippen molar-refractivity contribution in [1.82, 2.24) is 0 Å². The zero-order valence-corrected chi connectivity index (χ0v) is 13.0. The van der Waals surface area contributed by atoms with Gasteiger partial charge in [0.15, 0.2) is 0 Å². The fourth-order valence-electron chi connectivity index (χ4n) is 3.53. The molecule has 0 spiro atoms. The van der Waals surface area contributed by atoms with Crippen molar-refractivity contribution in [2.24, 2.45) is 11.8 Å². The van der Waals surface area contributed by atoms with Gasteiger partial charge in [0, 0.05) is 0 Å². The molecule has 1 saturated carbocycles. The number of benzene rings is 1. The third kappa shape index (κ3) is 5.19. The average molecular weight is 274 g/mol. The van der Waals surface area contributed by atoms with Gasteiger partial charge in [0.1, 0.15) is 5.75 Å². The second kappa shape index (κ2) is 8.34. The summed E-state index contributed by atoms with van der Waals surface area (Å²) in [5, 5.41) is 9.29. The van der Waals surface area contributed by atoms with Gasteiger partial charge in [-0.25, -0.2) is 0 Å². The minimum absolute atomic E-state index is 0.376. The van der Waals surface area contributed by atoms with Crippen LogP contribution in [-0.2, 0) is 6.42 Å². The standard InChI is InChI=1S/C19H30O/c1-2-3-4-5-16-6-8-17(9-7-16)10-11-18-12-14-19(20)15-13-18/h12-17,20H,2-11H2,1H3. The van der Waals surface area contributed by atoms with E-state index in [1.807, 2.05) is 0 Å². The van der Waals surface area contributed by atoms with Crippen LogP contribution in [0.1, 0.15) is 70.3 Å². The number of aryl methyl sites for hydroxylation is 1. The van der Waals surface area contributed by atoms with Gasteiger partial charge in [-0.3, -0.25) is 0 Å². The van der Waals surface area contributed by atoms with E-state index in [4.69, 9.17) is 0 Å². The van der Waals surface area contributed by atoms with Crippen molar-refractivity contribution in [1.29, 1.82) is 0 Å². The van der Waals surface area contributed by atoms with Crippen molar-refractivity contribution in [3.63, 3.8) is 0 Å². The van der Waals surface area contributed by atoms with Gasteiger partial charge < -0.3 is 5.11 Å². The Hall–Kier alpha value is -0.980. The number of hydrogen-bond donors (Lipinski definition) is 1. The molecule has 2 rings (SSSR count). The first-order valence-electron chi connectivity index (χ1n) is 8.56. The summed E-state index contributed by atoms with van der Waals surface area (Å²) in [5.74, 6) is 2.33. The summed E-state index contributed by atoms with van der Waals surface area (Å²) < 4.78 is 0. The molecule has 1 N–H and O–H groups in total. The summed E-state index contributed by atoms with van der Waals surface area (Å²) in [6, 6.07) is 7.73. The molecule has 0 heterocycles. The lowest BCUT2D eigenvalue weighted by molar-refractivity contribution is 0.249. The van der Waals surface area contributed by atoms with E-state index in [1.54, 1.807) is 12.1 Å². The van der Waals surface area contributed by atoms with Gasteiger partial charge in [0.25, 0.3) is 0 Å². The molecule has 1 aromatic rings. The lowest BCUT2D eigenvalue weighted by Gasteiger charge is -2.28. The molecule has 20 heavy (non-hydrogen) atoms. The molecule has 1 fully saturated rings. The summed E-state index contributed by atoms with van der Waals surface area (Å²) in [7, 11) is 0. The van der Waals surface area contributed by atoms with Crippen molar-refractivity contribution in [2.75, 3.05) is 0 Å². The van der Waals surface area contributed by atoms with E-state index >= 15 is 0 Å². The lowest BCUT2D eigenvalue weighted by Crippen LogP contribution is -2.15. The highest BCUT2D eigenvalue weighted by Crippen LogP contribution is 2.34. The average Bonchev–Trinajstić information content (AvgIpc) is 2.48. The number of phenolic OH excluding ortho intramolecular Hbond substituents is 1. The fraction of sp³-hybridized carbons (Fsp3) is 0.684. The number of hydrogen-bond acceptors (Lipinski definition) is 1. The maximum absolute atomic E-state index is 9.29. The molecule has 0 aliphatic heterocycles. The molecule has 0 atom stereocenters. The van der Waals surface area contributed by atoms with E-state index in [9.17, 15) is 5.11 Å². The van der Waals surface area contributed by atoms with E-state index in [-0.39, 0.29) is 0 Å². The number of unbranched alkanes of at least 4 members (excludes halogenated alkanes) is 2. The Morgan fingerprint density at radius 3 is 2.10 bits per heavy atom. The Kier molecular flexibility index (Phi) is 6.42. The molecule has 0 unspecified atom stereocenters. The molecular formula is C19H30O. The van der Waals surface area contributed by atoms with Crippen LogP contribution in [0.3, 0.4) is 0 Å². The third-order valence-electron chi connectivity index (χ3n) is 4.96. The molecule has 0 amide bonds. The predicted octanol–water partition coefficient (Wildman–Crippen LogP) is 5.71. The molecule has 0 bridgehead atoms. The first-order valence-corrected chi connectivity index (χ1v) is 8.56. The van der Waals surface area contributed by atoms with E-state index in [0.29, 0.717) is 5.75 Å². The van der Waals surface area contributed by atoms with Gasteiger partial charge in [0.05, 0.1) is 0 Å². The summed E-state index contributed by atoms with van der Waals surface area (Å²) in [4.78, 5) is 0. The van der Waals surface area contributed by atoms with Gasteiger partial charge in [-0.05, 0) is 42.4 Å². The Morgan fingerprint density at radius 1 is 0.900 bits per heavy atom. The molecule has 0 aromatic heterocycles. The first kappa shape index (κ1) is 15.4. The van der Waals surface area contributed by atoms with E-state index < -0.39 is 0 Å². The highest BCUT2D eigenvalue weighted by atomic mass is 16.3.